The summed E-state index contributed by atoms with van der Waals surface area (Å²) in [5.74, 6) is 0.338. The summed E-state index contributed by atoms with van der Waals surface area (Å²) < 4.78 is 11.0. The molecule has 0 aliphatic rings. The number of carboxylic acids is 1. The SMILES string of the molecule is COc1cc(C(C)CC(=O)O)cc(-c2ccc(C)c(C)c2)c1OC. The zero-order valence-corrected chi connectivity index (χ0v) is 14.8. The van der Waals surface area contributed by atoms with Crippen LogP contribution in [-0.2, 0) is 4.79 Å². The lowest BCUT2D eigenvalue weighted by atomic mass is 9.92. The van der Waals surface area contributed by atoms with Gasteiger partial charge in [0, 0.05) is 5.56 Å². The molecule has 2 aromatic rings. The number of rotatable bonds is 6. The summed E-state index contributed by atoms with van der Waals surface area (Å²) in [4.78, 5) is 11.0. The highest BCUT2D eigenvalue weighted by molar-refractivity contribution is 5.76. The lowest BCUT2D eigenvalue weighted by molar-refractivity contribution is -0.137. The molecule has 1 unspecified atom stereocenters. The largest absolute Gasteiger partial charge is 0.493 e. The summed E-state index contributed by atoms with van der Waals surface area (Å²) in [5, 5.41) is 9.07. The molecule has 2 rings (SSSR count). The molecule has 0 fully saturated rings. The van der Waals surface area contributed by atoms with Gasteiger partial charge in [-0.3, -0.25) is 4.79 Å². The summed E-state index contributed by atoms with van der Waals surface area (Å²) in [6, 6.07) is 10.1. The molecular weight excluding hydrogens is 304 g/mol. The van der Waals surface area contributed by atoms with E-state index in [1.165, 1.54) is 11.1 Å². The maximum atomic E-state index is 11.0. The first-order valence-corrected chi connectivity index (χ1v) is 7.92. The van der Waals surface area contributed by atoms with Crippen molar-refractivity contribution in [1.82, 2.24) is 0 Å². The van der Waals surface area contributed by atoms with Crippen LogP contribution in [0.15, 0.2) is 30.3 Å². The molecule has 0 bridgehead atoms. The van der Waals surface area contributed by atoms with E-state index < -0.39 is 5.97 Å². The Balaban J connectivity index is 2.62. The van der Waals surface area contributed by atoms with E-state index in [4.69, 9.17) is 14.6 Å². The maximum Gasteiger partial charge on any atom is 0.303 e. The third-order valence-electron chi connectivity index (χ3n) is 4.37. The Hall–Kier alpha value is -2.49. The second kappa shape index (κ2) is 7.39. The van der Waals surface area contributed by atoms with Crippen LogP contribution in [0.4, 0.5) is 0 Å². The second-order valence-electron chi connectivity index (χ2n) is 6.10. The molecule has 2 aromatic carbocycles. The number of benzene rings is 2. The molecule has 0 spiro atoms. The normalized spacial score (nSPS) is 11.9. The number of carboxylic acid groups (broad SMARTS) is 1. The summed E-state index contributed by atoms with van der Waals surface area (Å²) in [7, 11) is 3.20. The molecule has 0 amide bonds. The van der Waals surface area contributed by atoms with Gasteiger partial charge in [0.2, 0.25) is 0 Å². The Morgan fingerprint density at radius 3 is 2.33 bits per heavy atom. The number of aliphatic carboxylic acids is 1. The lowest BCUT2D eigenvalue weighted by Gasteiger charge is -2.18. The number of methoxy groups -OCH3 is 2. The first-order valence-electron chi connectivity index (χ1n) is 7.92. The van der Waals surface area contributed by atoms with Crippen LogP contribution < -0.4 is 9.47 Å². The third-order valence-corrected chi connectivity index (χ3v) is 4.37. The van der Waals surface area contributed by atoms with Crippen LogP contribution in [0.2, 0.25) is 0 Å². The molecule has 1 N–H and O–H groups in total. The van der Waals surface area contributed by atoms with Gasteiger partial charge in [-0.1, -0.05) is 25.1 Å². The number of hydrogen-bond donors (Lipinski definition) is 1. The molecular formula is C20H24O4. The van der Waals surface area contributed by atoms with Crippen molar-refractivity contribution in [2.75, 3.05) is 14.2 Å². The molecule has 0 saturated heterocycles. The first-order chi connectivity index (χ1) is 11.4. The van der Waals surface area contributed by atoms with Crippen molar-refractivity contribution in [3.05, 3.63) is 47.0 Å². The van der Waals surface area contributed by atoms with Gasteiger partial charge >= 0.3 is 5.97 Å². The average molecular weight is 328 g/mol. The van der Waals surface area contributed by atoms with Crippen LogP contribution in [0, 0.1) is 13.8 Å². The molecule has 0 aliphatic carbocycles. The van der Waals surface area contributed by atoms with Gasteiger partial charge < -0.3 is 14.6 Å². The molecule has 4 heteroatoms. The van der Waals surface area contributed by atoms with Gasteiger partial charge in [0.25, 0.3) is 0 Å². The maximum absolute atomic E-state index is 11.0. The van der Waals surface area contributed by atoms with E-state index in [0.29, 0.717) is 11.5 Å². The van der Waals surface area contributed by atoms with Crippen LogP contribution >= 0.6 is 0 Å². The Morgan fingerprint density at radius 1 is 1.08 bits per heavy atom. The monoisotopic (exact) mass is 328 g/mol. The number of hydrogen-bond acceptors (Lipinski definition) is 3. The smallest absolute Gasteiger partial charge is 0.303 e. The molecule has 4 nitrogen and oxygen atoms in total. The van der Waals surface area contributed by atoms with E-state index in [1.807, 2.05) is 25.1 Å². The van der Waals surface area contributed by atoms with Gasteiger partial charge in [-0.2, -0.15) is 0 Å². The van der Waals surface area contributed by atoms with Gasteiger partial charge in [0.15, 0.2) is 11.5 Å². The van der Waals surface area contributed by atoms with Gasteiger partial charge in [-0.25, -0.2) is 0 Å². The number of ether oxygens (including phenoxy) is 2. The van der Waals surface area contributed by atoms with Crippen LogP contribution in [0.3, 0.4) is 0 Å². The molecule has 0 heterocycles. The zero-order chi connectivity index (χ0) is 17.9. The van der Waals surface area contributed by atoms with Gasteiger partial charge in [-0.15, -0.1) is 0 Å². The standard InChI is InChI=1S/C20H24O4/c1-12-6-7-15(8-13(12)2)17-10-16(14(3)9-19(21)22)11-18(23-4)20(17)24-5/h6-8,10-11,14H,9H2,1-5H3,(H,21,22). The van der Waals surface area contributed by atoms with Crippen LogP contribution in [0.5, 0.6) is 11.5 Å². The number of aryl methyl sites for hydroxylation is 2. The van der Waals surface area contributed by atoms with Crippen molar-refractivity contribution in [3.8, 4) is 22.6 Å². The lowest BCUT2D eigenvalue weighted by Crippen LogP contribution is -2.04. The Kier molecular flexibility index (Phi) is 5.50. The Bertz CT molecular complexity index is 750. The number of carbonyl (C=O) groups is 1. The van der Waals surface area contributed by atoms with E-state index >= 15 is 0 Å². The van der Waals surface area contributed by atoms with Crippen molar-refractivity contribution in [1.29, 1.82) is 0 Å². The van der Waals surface area contributed by atoms with E-state index in [2.05, 4.69) is 26.0 Å². The van der Waals surface area contributed by atoms with E-state index in [0.717, 1.165) is 16.7 Å². The minimum atomic E-state index is -0.815. The second-order valence-corrected chi connectivity index (χ2v) is 6.10. The Labute approximate surface area is 143 Å². The predicted molar refractivity (Wildman–Crippen MR) is 95.1 cm³/mol. The zero-order valence-electron chi connectivity index (χ0n) is 14.8. The van der Waals surface area contributed by atoms with E-state index in [9.17, 15) is 4.79 Å². The summed E-state index contributed by atoms with van der Waals surface area (Å²) >= 11 is 0. The first kappa shape index (κ1) is 17.9. The fourth-order valence-corrected chi connectivity index (χ4v) is 2.77. The van der Waals surface area contributed by atoms with Crippen LogP contribution in [0.25, 0.3) is 11.1 Å². The molecule has 0 aromatic heterocycles. The minimum Gasteiger partial charge on any atom is -0.493 e. The molecule has 24 heavy (non-hydrogen) atoms. The van der Waals surface area contributed by atoms with E-state index in [1.54, 1.807) is 14.2 Å². The summed E-state index contributed by atoms with van der Waals surface area (Å²) in [6.07, 6.45) is 0.0713. The van der Waals surface area contributed by atoms with Crippen molar-refractivity contribution >= 4 is 5.97 Å². The fourth-order valence-electron chi connectivity index (χ4n) is 2.77. The van der Waals surface area contributed by atoms with Crippen LogP contribution in [-0.4, -0.2) is 25.3 Å². The molecule has 1 atom stereocenters. The summed E-state index contributed by atoms with van der Waals surface area (Å²) in [5.41, 5.74) is 5.27. The average Bonchev–Trinajstić information content (AvgIpc) is 2.55. The molecule has 128 valence electrons. The van der Waals surface area contributed by atoms with E-state index in [-0.39, 0.29) is 12.3 Å². The fraction of sp³-hybridized carbons (Fsp3) is 0.350. The summed E-state index contributed by atoms with van der Waals surface area (Å²) in [6.45, 7) is 6.04. The van der Waals surface area contributed by atoms with Crippen molar-refractivity contribution < 1.29 is 19.4 Å². The highest BCUT2D eigenvalue weighted by Crippen LogP contribution is 2.41. The van der Waals surface area contributed by atoms with Crippen LogP contribution in [0.1, 0.15) is 36.0 Å². The van der Waals surface area contributed by atoms with Gasteiger partial charge in [0.05, 0.1) is 20.6 Å². The molecule has 0 radical (unpaired) electrons. The minimum absolute atomic E-state index is 0.0713. The van der Waals surface area contributed by atoms with Gasteiger partial charge in [-0.05, 0) is 54.2 Å². The predicted octanol–water partition coefficient (Wildman–Crippen LogP) is 4.57. The molecule has 0 aliphatic heterocycles. The van der Waals surface area contributed by atoms with Crippen molar-refractivity contribution in [2.45, 2.75) is 33.1 Å². The van der Waals surface area contributed by atoms with Gasteiger partial charge in [0.1, 0.15) is 0 Å². The molecule has 0 saturated carbocycles. The highest BCUT2D eigenvalue weighted by Gasteiger charge is 2.18. The Morgan fingerprint density at radius 2 is 1.79 bits per heavy atom. The highest BCUT2D eigenvalue weighted by atomic mass is 16.5. The quantitative estimate of drug-likeness (QED) is 0.844. The third kappa shape index (κ3) is 3.70. The van der Waals surface area contributed by atoms with Crippen molar-refractivity contribution in [2.24, 2.45) is 0 Å². The van der Waals surface area contributed by atoms with Crippen molar-refractivity contribution in [3.63, 3.8) is 0 Å². The topological polar surface area (TPSA) is 55.8 Å².